The molecule has 0 aliphatic rings. The van der Waals surface area contributed by atoms with E-state index in [-0.39, 0.29) is 0 Å². The van der Waals surface area contributed by atoms with E-state index in [1.807, 2.05) is 0 Å². The average Bonchev–Trinajstić information content (AvgIpc) is 1.25. The summed E-state index contributed by atoms with van der Waals surface area (Å²) in [6.07, 6.45) is 0. The highest BCUT2D eigenvalue weighted by atomic mass is 28.4. The smallest absolute Gasteiger partial charge is 0.0464 e. The van der Waals surface area contributed by atoms with Crippen molar-refractivity contribution in [3.63, 3.8) is 0 Å². The minimum absolute atomic E-state index is 0.604. The number of hydrogen-bond donors (Lipinski definition) is 0. The summed E-state index contributed by atoms with van der Waals surface area (Å²) in [6.45, 7) is 11.9. The topological polar surface area (TPSA) is 0 Å². The highest BCUT2D eigenvalue weighted by molar-refractivity contribution is 6.84. The molecular weight excluding hydrogens is 128 g/mol. The van der Waals surface area contributed by atoms with Crippen LogP contribution in [0.2, 0.25) is 24.3 Å². The number of rotatable bonds is 1. The Morgan fingerprint density at radius 2 is 1.25 bits per heavy atom. The summed E-state index contributed by atoms with van der Waals surface area (Å²) >= 11 is 0. The molecule has 0 saturated carbocycles. The predicted molar refractivity (Wildman–Crippen MR) is 45.9 cm³/mol. The van der Waals surface area contributed by atoms with Gasteiger partial charge < -0.3 is 0 Å². The third kappa shape index (κ3) is 2.13. The van der Waals surface area contributed by atoms with Crippen molar-refractivity contribution < 1.29 is 0 Å². The van der Waals surface area contributed by atoms with Crippen LogP contribution in [-0.4, -0.2) is 18.3 Å². The van der Waals surface area contributed by atoms with Gasteiger partial charge in [0.1, 0.15) is 0 Å². The van der Waals surface area contributed by atoms with E-state index in [1.165, 1.54) is 0 Å². The first kappa shape index (κ1) is 8.43. The van der Waals surface area contributed by atoms with Crippen molar-refractivity contribution in [3.8, 4) is 0 Å². The maximum absolute atomic E-state index is 2.42. The van der Waals surface area contributed by atoms with Crippen LogP contribution >= 0.6 is 0 Å². The summed E-state index contributed by atoms with van der Waals surface area (Å²) in [6, 6.07) is 0. The molecule has 0 aliphatic heterocycles. The van der Waals surface area contributed by atoms with Crippen LogP contribution in [0, 0.1) is 0 Å². The molecule has 0 spiro atoms. The Bertz CT molecular complexity index is 61.5. The van der Waals surface area contributed by atoms with Crippen molar-refractivity contribution in [3.05, 3.63) is 0 Å². The Morgan fingerprint density at radius 1 is 1.12 bits per heavy atom. The van der Waals surface area contributed by atoms with E-state index < -0.39 is 8.07 Å². The molecule has 0 bridgehead atoms. The Morgan fingerprint density at radius 3 is 1.25 bits per heavy atom. The summed E-state index contributed by atoms with van der Waals surface area (Å²) in [5, 5.41) is 0. The lowest BCUT2D eigenvalue weighted by atomic mass is 10.5. The summed E-state index contributed by atoms with van der Waals surface area (Å²) in [5.74, 6) is 0. The van der Waals surface area contributed by atoms with Crippen LogP contribution < -0.4 is 0 Å². The van der Waals surface area contributed by atoms with Crippen molar-refractivity contribution in [2.24, 2.45) is 0 Å². The molecule has 0 saturated heterocycles. The minimum atomic E-state index is -0.846. The zero-order valence-electron chi connectivity index (χ0n) is 6.71. The Hall–Kier alpha value is 0.434. The zero-order chi connectivity index (χ0) is 7.00. The highest BCUT2D eigenvalue weighted by Crippen LogP contribution is 2.31. The minimum Gasteiger partial charge on any atom is -0.0694 e. The first-order chi connectivity index (χ1) is 3.25. The summed E-state index contributed by atoms with van der Waals surface area (Å²) < 4.78 is 0.604. The molecule has 0 rings (SSSR count). The van der Waals surface area contributed by atoms with E-state index >= 15 is 0 Å². The molecule has 0 heterocycles. The van der Waals surface area contributed by atoms with Crippen LogP contribution in [0.4, 0.5) is 0 Å². The molecule has 0 amide bonds. The first-order valence-corrected chi connectivity index (χ1v) is 7.31. The third-order valence-corrected chi connectivity index (χ3v) is 9.27. The van der Waals surface area contributed by atoms with Crippen molar-refractivity contribution in [1.29, 1.82) is 0 Å². The second-order valence-electron chi connectivity index (χ2n) is 4.13. The summed E-state index contributed by atoms with van der Waals surface area (Å²) in [4.78, 5) is 0. The molecule has 0 atom stereocenters. The van der Waals surface area contributed by atoms with Crippen LogP contribution in [0.15, 0.2) is 0 Å². The molecule has 0 unspecified atom stereocenters. The van der Waals surface area contributed by atoms with Crippen LogP contribution in [0.1, 0.15) is 13.8 Å². The van der Waals surface area contributed by atoms with Gasteiger partial charge in [0.05, 0.1) is 0 Å². The zero-order valence-corrected chi connectivity index (χ0v) is 9.12. The monoisotopic (exact) mass is 145 g/mol. The van der Waals surface area contributed by atoms with Gasteiger partial charge >= 0.3 is 0 Å². The lowest BCUT2D eigenvalue weighted by Gasteiger charge is -2.32. The van der Waals surface area contributed by atoms with E-state index in [9.17, 15) is 0 Å². The van der Waals surface area contributed by atoms with Gasteiger partial charge in [-0.2, -0.15) is 0 Å². The molecule has 0 N–H and O–H groups in total. The van der Waals surface area contributed by atoms with Gasteiger partial charge in [-0.25, -0.2) is 0 Å². The molecule has 0 nitrogen and oxygen atoms in total. The van der Waals surface area contributed by atoms with Gasteiger partial charge in [-0.15, -0.1) is 0 Å². The third-order valence-electron chi connectivity index (χ3n) is 2.03. The van der Waals surface area contributed by atoms with Crippen molar-refractivity contribution in [2.45, 2.75) is 38.2 Å². The molecule has 2 heteroatoms. The van der Waals surface area contributed by atoms with Gasteiger partial charge in [0.25, 0.3) is 0 Å². The molecular formula is C6H17Si2. The Labute approximate surface area is 57.1 Å². The van der Waals surface area contributed by atoms with E-state index in [0.717, 1.165) is 0 Å². The van der Waals surface area contributed by atoms with Gasteiger partial charge in [0.2, 0.25) is 0 Å². The fraction of sp³-hybridized carbons (Fsp3) is 1.00. The van der Waals surface area contributed by atoms with E-state index in [4.69, 9.17) is 0 Å². The van der Waals surface area contributed by atoms with E-state index in [0.29, 0.717) is 4.66 Å². The number of hydrogen-bond acceptors (Lipinski definition) is 0. The molecule has 8 heavy (non-hydrogen) atoms. The first-order valence-electron chi connectivity index (χ1n) is 3.10. The maximum atomic E-state index is 2.42. The van der Waals surface area contributed by atoms with Gasteiger partial charge in [-0.1, -0.05) is 38.2 Å². The van der Waals surface area contributed by atoms with Crippen LogP contribution in [0.5, 0.6) is 0 Å². The molecule has 0 aromatic heterocycles. The van der Waals surface area contributed by atoms with Gasteiger partial charge in [-0.3, -0.25) is 0 Å². The van der Waals surface area contributed by atoms with Crippen molar-refractivity contribution in [2.75, 3.05) is 0 Å². The molecule has 0 aromatic rings. The Balaban J connectivity index is 4.02. The predicted octanol–water partition coefficient (Wildman–Crippen LogP) is 1.70. The fourth-order valence-corrected chi connectivity index (χ4v) is 0. The van der Waals surface area contributed by atoms with Gasteiger partial charge in [0.15, 0.2) is 0 Å². The second kappa shape index (κ2) is 1.99. The summed E-state index contributed by atoms with van der Waals surface area (Å²) in [7, 11) is 1.29. The average molecular weight is 145 g/mol. The van der Waals surface area contributed by atoms with Crippen molar-refractivity contribution in [1.82, 2.24) is 0 Å². The lowest BCUT2D eigenvalue weighted by molar-refractivity contribution is 0.913. The highest BCUT2D eigenvalue weighted by Gasteiger charge is 2.29. The standard InChI is InChI=1S/C6H17Si2/c1-6(2,7)8(3,4)5/h7H2,1-5H3. The Kier molecular flexibility index (Phi) is 2.10. The SMILES string of the molecule is CC(C)([SiH2])[Si](C)(C)C. The fourth-order valence-electron chi connectivity index (χ4n) is 0. The molecule has 0 aromatic carbocycles. The van der Waals surface area contributed by atoms with E-state index in [2.05, 4.69) is 43.7 Å². The quantitative estimate of drug-likeness (QED) is 0.493. The van der Waals surface area contributed by atoms with Crippen molar-refractivity contribution >= 4 is 18.3 Å². The largest absolute Gasteiger partial charge is 0.0694 e. The molecule has 0 aliphatic carbocycles. The van der Waals surface area contributed by atoms with Gasteiger partial charge in [-0.05, 0) is 0 Å². The normalized spacial score (nSPS) is 14.2. The van der Waals surface area contributed by atoms with E-state index in [1.54, 1.807) is 0 Å². The lowest BCUT2D eigenvalue weighted by Crippen LogP contribution is -2.35. The van der Waals surface area contributed by atoms with Gasteiger partial charge in [0, 0.05) is 18.3 Å². The molecule has 0 fully saturated rings. The maximum Gasteiger partial charge on any atom is 0.0464 e. The summed E-state index contributed by atoms with van der Waals surface area (Å²) in [5.41, 5.74) is 0. The molecule has 1 radical (unpaired) electrons. The van der Waals surface area contributed by atoms with Crippen LogP contribution in [0.3, 0.4) is 0 Å². The second-order valence-corrected chi connectivity index (χ2v) is 12.5. The van der Waals surface area contributed by atoms with Crippen LogP contribution in [0.25, 0.3) is 0 Å². The van der Waals surface area contributed by atoms with Crippen LogP contribution in [-0.2, 0) is 0 Å². The molecule has 49 valence electrons.